The van der Waals surface area contributed by atoms with E-state index in [4.69, 9.17) is 8.92 Å². The van der Waals surface area contributed by atoms with Gasteiger partial charge in [0.15, 0.2) is 0 Å². The lowest BCUT2D eigenvalue weighted by atomic mass is 10.1. The molecule has 0 bridgehead atoms. The van der Waals surface area contributed by atoms with E-state index in [0.717, 1.165) is 29.8 Å². The van der Waals surface area contributed by atoms with Gasteiger partial charge in [0, 0.05) is 12.1 Å². The third-order valence-corrected chi connectivity index (χ3v) is 4.74. The van der Waals surface area contributed by atoms with Crippen LogP contribution in [0.15, 0.2) is 53.4 Å². The largest absolute Gasteiger partial charge is 0.497 e. The summed E-state index contributed by atoms with van der Waals surface area (Å²) >= 11 is 0. The van der Waals surface area contributed by atoms with Gasteiger partial charge in [0.1, 0.15) is 5.75 Å². The van der Waals surface area contributed by atoms with Crippen molar-refractivity contribution in [2.75, 3.05) is 7.11 Å². The third kappa shape index (κ3) is 4.53. The molecule has 2 aromatic carbocycles. The SMILES string of the molecule is COc1ccc(CC(C)OS(=O)(=O)c2ccc([N+](=O)[O-])cc2)cc1. The molecular weight excluding hydrogens is 334 g/mol. The van der Waals surface area contributed by atoms with Crippen LogP contribution in [0.2, 0.25) is 0 Å². The summed E-state index contributed by atoms with van der Waals surface area (Å²) in [5.74, 6) is 0.714. The number of hydrogen-bond donors (Lipinski definition) is 0. The molecule has 0 N–H and O–H groups in total. The summed E-state index contributed by atoms with van der Waals surface area (Å²) in [4.78, 5) is 9.89. The molecule has 0 fully saturated rings. The Morgan fingerprint density at radius 1 is 1.08 bits per heavy atom. The average molecular weight is 351 g/mol. The van der Waals surface area contributed by atoms with Crippen LogP contribution in [0.5, 0.6) is 5.75 Å². The van der Waals surface area contributed by atoms with Crippen molar-refractivity contribution in [3.63, 3.8) is 0 Å². The number of ether oxygens (including phenoxy) is 1. The van der Waals surface area contributed by atoms with Crippen molar-refractivity contribution in [1.29, 1.82) is 0 Å². The van der Waals surface area contributed by atoms with Crippen LogP contribution in [0, 0.1) is 10.1 Å². The molecule has 0 aromatic heterocycles. The summed E-state index contributed by atoms with van der Waals surface area (Å²) in [5.41, 5.74) is 0.724. The van der Waals surface area contributed by atoms with Gasteiger partial charge in [-0.05, 0) is 43.2 Å². The maximum Gasteiger partial charge on any atom is 0.297 e. The minimum atomic E-state index is -3.98. The Morgan fingerprint density at radius 2 is 1.67 bits per heavy atom. The fraction of sp³-hybridized carbons (Fsp3) is 0.250. The number of rotatable bonds is 7. The molecule has 24 heavy (non-hydrogen) atoms. The first kappa shape index (κ1) is 17.9. The standard InChI is InChI=1S/C16H17NO6S/c1-12(11-13-3-7-15(22-2)8-4-13)23-24(20,21)16-9-5-14(6-10-16)17(18)19/h3-10,12H,11H2,1-2H3. The molecule has 7 nitrogen and oxygen atoms in total. The highest BCUT2D eigenvalue weighted by Gasteiger charge is 2.20. The number of non-ortho nitro benzene ring substituents is 1. The number of nitrogens with zero attached hydrogens (tertiary/aromatic N) is 1. The van der Waals surface area contributed by atoms with Crippen LogP contribution in [-0.2, 0) is 20.7 Å². The third-order valence-electron chi connectivity index (χ3n) is 3.31. The molecule has 0 aliphatic heterocycles. The van der Waals surface area contributed by atoms with Crippen molar-refractivity contribution in [2.45, 2.75) is 24.3 Å². The van der Waals surface area contributed by atoms with E-state index in [2.05, 4.69) is 0 Å². The Morgan fingerprint density at radius 3 is 2.17 bits per heavy atom. The molecule has 8 heteroatoms. The van der Waals surface area contributed by atoms with Crippen molar-refractivity contribution < 1.29 is 22.3 Å². The van der Waals surface area contributed by atoms with Gasteiger partial charge in [-0.3, -0.25) is 14.3 Å². The molecule has 0 heterocycles. The van der Waals surface area contributed by atoms with Gasteiger partial charge in [-0.2, -0.15) is 8.42 Å². The summed E-state index contributed by atoms with van der Waals surface area (Å²) in [6.45, 7) is 1.65. The lowest BCUT2D eigenvalue weighted by Crippen LogP contribution is -2.18. The zero-order chi connectivity index (χ0) is 17.7. The summed E-state index contributed by atoms with van der Waals surface area (Å²) in [7, 11) is -2.42. The highest BCUT2D eigenvalue weighted by Crippen LogP contribution is 2.20. The molecule has 0 aliphatic rings. The number of methoxy groups -OCH3 is 1. The van der Waals surface area contributed by atoms with Crippen molar-refractivity contribution in [1.82, 2.24) is 0 Å². The number of nitro groups is 1. The fourth-order valence-corrected chi connectivity index (χ4v) is 3.21. The van der Waals surface area contributed by atoms with Gasteiger partial charge in [0.25, 0.3) is 15.8 Å². The molecule has 1 atom stereocenters. The Kier molecular flexibility index (Phi) is 5.53. The quantitative estimate of drug-likeness (QED) is 0.432. The zero-order valence-corrected chi connectivity index (χ0v) is 14.0. The molecule has 0 spiro atoms. The van der Waals surface area contributed by atoms with E-state index in [1.165, 1.54) is 0 Å². The van der Waals surface area contributed by atoms with Crippen LogP contribution >= 0.6 is 0 Å². The molecule has 128 valence electrons. The van der Waals surface area contributed by atoms with E-state index in [1.54, 1.807) is 26.2 Å². The van der Waals surface area contributed by atoms with Gasteiger partial charge in [-0.15, -0.1) is 0 Å². The van der Waals surface area contributed by atoms with Gasteiger partial charge >= 0.3 is 0 Å². The van der Waals surface area contributed by atoms with E-state index in [1.807, 2.05) is 12.1 Å². The van der Waals surface area contributed by atoms with Gasteiger partial charge < -0.3 is 4.74 Å². The predicted molar refractivity (Wildman–Crippen MR) is 87.5 cm³/mol. The topological polar surface area (TPSA) is 95.7 Å². The van der Waals surface area contributed by atoms with Crippen LogP contribution < -0.4 is 4.74 Å². The van der Waals surface area contributed by atoms with Gasteiger partial charge in [0.05, 0.1) is 23.0 Å². The molecular formula is C16H17NO6S. The summed E-state index contributed by atoms with van der Waals surface area (Å²) < 4.78 is 34.6. The normalized spacial score (nSPS) is 12.6. The molecule has 1 unspecified atom stereocenters. The zero-order valence-electron chi connectivity index (χ0n) is 13.2. The molecule has 0 radical (unpaired) electrons. The highest BCUT2D eigenvalue weighted by molar-refractivity contribution is 7.86. The van der Waals surface area contributed by atoms with E-state index in [-0.39, 0.29) is 10.6 Å². The number of nitro benzene ring substituents is 1. The van der Waals surface area contributed by atoms with E-state index >= 15 is 0 Å². The van der Waals surface area contributed by atoms with E-state index < -0.39 is 21.1 Å². The van der Waals surface area contributed by atoms with Gasteiger partial charge in [-0.1, -0.05) is 12.1 Å². The van der Waals surface area contributed by atoms with Crippen molar-refractivity contribution in [2.24, 2.45) is 0 Å². The van der Waals surface area contributed by atoms with Crippen LogP contribution in [0.3, 0.4) is 0 Å². The Labute approximate surface area is 140 Å². The maximum atomic E-state index is 12.2. The average Bonchev–Trinajstić information content (AvgIpc) is 2.55. The van der Waals surface area contributed by atoms with Crippen molar-refractivity contribution >= 4 is 15.8 Å². The smallest absolute Gasteiger partial charge is 0.297 e. The Bertz CT molecular complexity index is 799. The monoisotopic (exact) mass is 351 g/mol. The van der Waals surface area contributed by atoms with Crippen LogP contribution in [0.1, 0.15) is 12.5 Å². The van der Waals surface area contributed by atoms with Crippen LogP contribution in [0.4, 0.5) is 5.69 Å². The maximum absolute atomic E-state index is 12.2. The first-order chi connectivity index (χ1) is 11.3. The molecule has 0 saturated carbocycles. The molecule has 2 aromatic rings. The second kappa shape index (κ2) is 7.41. The molecule has 0 saturated heterocycles. The minimum absolute atomic E-state index is 0.116. The number of hydrogen-bond acceptors (Lipinski definition) is 6. The molecule has 0 amide bonds. The second-order valence-corrected chi connectivity index (χ2v) is 6.74. The van der Waals surface area contributed by atoms with E-state index in [9.17, 15) is 18.5 Å². The Hall–Kier alpha value is -2.45. The molecule has 2 rings (SSSR count). The van der Waals surface area contributed by atoms with Crippen LogP contribution in [-0.4, -0.2) is 26.6 Å². The summed E-state index contributed by atoms with van der Waals surface area (Å²) in [6.07, 6.45) is -0.186. The Balaban J connectivity index is 2.05. The van der Waals surface area contributed by atoms with Crippen LogP contribution in [0.25, 0.3) is 0 Å². The van der Waals surface area contributed by atoms with Gasteiger partial charge in [-0.25, -0.2) is 0 Å². The lowest BCUT2D eigenvalue weighted by Gasteiger charge is -2.13. The summed E-state index contributed by atoms with van der Waals surface area (Å²) in [6, 6.07) is 11.8. The first-order valence-corrected chi connectivity index (χ1v) is 8.53. The number of benzene rings is 2. The first-order valence-electron chi connectivity index (χ1n) is 7.12. The highest BCUT2D eigenvalue weighted by atomic mass is 32.2. The summed E-state index contributed by atoms with van der Waals surface area (Å²) in [5, 5.41) is 10.6. The second-order valence-electron chi connectivity index (χ2n) is 5.16. The van der Waals surface area contributed by atoms with Crippen molar-refractivity contribution in [3.05, 3.63) is 64.2 Å². The van der Waals surface area contributed by atoms with Gasteiger partial charge in [0.2, 0.25) is 0 Å². The lowest BCUT2D eigenvalue weighted by molar-refractivity contribution is -0.384. The van der Waals surface area contributed by atoms with Crippen molar-refractivity contribution in [3.8, 4) is 5.75 Å². The fourth-order valence-electron chi connectivity index (χ4n) is 2.13. The predicted octanol–water partition coefficient (Wildman–Crippen LogP) is 2.94. The van der Waals surface area contributed by atoms with E-state index in [0.29, 0.717) is 12.2 Å². The molecule has 0 aliphatic carbocycles. The minimum Gasteiger partial charge on any atom is -0.497 e.